The molecule has 0 bridgehead atoms. The van der Waals surface area contributed by atoms with Gasteiger partial charge in [0.1, 0.15) is 0 Å². The van der Waals surface area contributed by atoms with Gasteiger partial charge in [0.15, 0.2) is 0 Å². The summed E-state index contributed by atoms with van der Waals surface area (Å²) in [5.41, 5.74) is 5.51. The number of hydrogen-bond acceptors (Lipinski definition) is 4. The quantitative estimate of drug-likeness (QED) is 0.596. The van der Waals surface area contributed by atoms with Crippen LogP contribution in [0.1, 0.15) is 12.5 Å². The fraction of sp³-hybridized carbons (Fsp3) is 0.333. The van der Waals surface area contributed by atoms with Crippen LogP contribution in [0.4, 0.5) is 5.69 Å². The zero-order valence-electron chi connectivity index (χ0n) is 10.5. The summed E-state index contributed by atoms with van der Waals surface area (Å²) < 4.78 is 0. The smallest absolute Gasteiger partial charge is 0.269 e. The number of nitro benzene ring substituents is 1. The zero-order valence-corrected chi connectivity index (χ0v) is 10.5. The second kappa shape index (κ2) is 6.48. The van der Waals surface area contributed by atoms with E-state index in [9.17, 15) is 19.7 Å². The molecule has 0 unspecified atom stereocenters. The third-order valence-corrected chi connectivity index (χ3v) is 2.56. The van der Waals surface area contributed by atoms with Crippen molar-refractivity contribution in [3.63, 3.8) is 0 Å². The Labute approximate surface area is 110 Å². The van der Waals surface area contributed by atoms with E-state index in [1.807, 2.05) is 0 Å². The molecule has 19 heavy (non-hydrogen) atoms. The number of carbonyl (C=O) groups excluding carboxylic acids is 2. The van der Waals surface area contributed by atoms with E-state index in [1.165, 1.54) is 23.1 Å². The van der Waals surface area contributed by atoms with E-state index in [4.69, 9.17) is 5.73 Å². The van der Waals surface area contributed by atoms with E-state index < -0.39 is 10.8 Å². The molecule has 2 N–H and O–H groups in total. The molecule has 0 saturated heterocycles. The summed E-state index contributed by atoms with van der Waals surface area (Å²) in [6.45, 7) is 1.94. The minimum atomic E-state index is -0.589. The molecule has 7 heteroatoms. The molecular weight excluding hydrogens is 250 g/mol. The van der Waals surface area contributed by atoms with Crippen molar-refractivity contribution in [1.82, 2.24) is 4.90 Å². The Kier molecular flexibility index (Phi) is 4.99. The zero-order chi connectivity index (χ0) is 14.4. The van der Waals surface area contributed by atoms with Crippen molar-refractivity contribution in [2.24, 2.45) is 5.73 Å². The molecule has 0 saturated carbocycles. The molecule has 102 valence electrons. The summed E-state index contributed by atoms with van der Waals surface area (Å²) >= 11 is 0. The van der Waals surface area contributed by atoms with Crippen LogP contribution < -0.4 is 5.73 Å². The fourth-order valence-electron chi connectivity index (χ4n) is 1.63. The number of non-ortho nitro benzene ring substituents is 1. The molecule has 0 aromatic heterocycles. The number of nitro groups is 1. The maximum absolute atomic E-state index is 11.9. The van der Waals surface area contributed by atoms with Gasteiger partial charge in [-0.15, -0.1) is 0 Å². The molecule has 0 heterocycles. The molecule has 0 spiro atoms. The molecule has 0 aliphatic rings. The van der Waals surface area contributed by atoms with E-state index in [0.717, 1.165) is 0 Å². The van der Waals surface area contributed by atoms with Crippen molar-refractivity contribution >= 4 is 17.5 Å². The van der Waals surface area contributed by atoms with Crippen molar-refractivity contribution < 1.29 is 14.5 Å². The fourth-order valence-corrected chi connectivity index (χ4v) is 1.63. The molecule has 0 radical (unpaired) electrons. The number of hydrogen-bond donors (Lipinski definition) is 1. The lowest BCUT2D eigenvalue weighted by molar-refractivity contribution is -0.384. The van der Waals surface area contributed by atoms with E-state index in [1.54, 1.807) is 13.0 Å². The third-order valence-electron chi connectivity index (χ3n) is 2.56. The number of rotatable bonds is 6. The summed E-state index contributed by atoms with van der Waals surface area (Å²) in [6.07, 6.45) is 0.00278. The van der Waals surface area contributed by atoms with Gasteiger partial charge in [0.25, 0.3) is 5.69 Å². The van der Waals surface area contributed by atoms with Crippen LogP contribution in [0.5, 0.6) is 0 Å². The van der Waals surface area contributed by atoms with Gasteiger partial charge in [-0.05, 0) is 12.5 Å². The second-order valence-corrected chi connectivity index (χ2v) is 3.98. The van der Waals surface area contributed by atoms with Crippen LogP contribution in [-0.4, -0.2) is 34.7 Å². The molecule has 1 aromatic rings. The number of nitrogens with zero attached hydrogens (tertiary/aromatic N) is 2. The highest BCUT2D eigenvalue weighted by atomic mass is 16.6. The molecule has 2 amide bonds. The van der Waals surface area contributed by atoms with Gasteiger partial charge >= 0.3 is 0 Å². The van der Waals surface area contributed by atoms with E-state index in [-0.39, 0.29) is 24.6 Å². The van der Waals surface area contributed by atoms with Crippen molar-refractivity contribution in [2.75, 3.05) is 13.1 Å². The highest BCUT2D eigenvalue weighted by Crippen LogP contribution is 2.14. The second-order valence-electron chi connectivity index (χ2n) is 3.98. The predicted molar refractivity (Wildman–Crippen MR) is 68.2 cm³/mol. The maximum atomic E-state index is 11.9. The molecule has 1 rings (SSSR count). The van der Waals surface area contributed by atoms with E-state index in [2.05, 4.69) is 0 Å². The highest BCUT2D eigenvalue weighted by Gasteiger charge is 2.15. The van der Waals surface area contributed by atoms with Gasteiger partial charge in [-0.3, -0.25) is 19.7 Å². The standard InChI is InChI=1S/C12H15N3O4/c1-2-14(8-11(13)16)12(17)7-9-4-3-5-10(6-9)15(18)19/h3-6H,2,7-8H2,1H3,(H2,13,16). The van der Waals surface area contributed by atoms with Gasteiger partial charge in [-0.2, -0.15) is 0 Å². The average molecular weight is 265 g/mol. The first-order valence-electron chi connectivity index (χ1n) is 5.73. The number of nitrogens with two attached hydrogens (primary N) is 1. The Balaban J connectivity index is 2.78. The SMILES string of the molecule is CCN(CC(N)=O)C(=O)Cc1cccc([N+](=O)[O-])c1. The van der Waals surface area contributed by atoms with E-state index in [0.29, 0.717) is 12.1 Å². The van der Waals surface area contributed by atoms with Gasteiger partial charge in [0.05, 0.1) is 17.9 Å². The van der Waals surface area contributed by atoms with Gasteiger partial charge in [0.2, 0.25) is 11.8 Å². The van der Waals surface area contributed by atoms with Gasteiger partial charge < -0.3 is 10.6 Å². The Bertz CT molecular complexity index is 502. The molecular formula is C12H15N3O4. The van der Waals surface area contributed by atoms with Crippen LogP contribution >= 0.6 is 0 Å². The summed E-state index contributed by atoms with van der Waals surface area (Å²) in [5, 5.41) is 10.6. The molecule has 0 atom stereocenters. The van der Waals surface area contributed by atoms with Crippen LogP contribution in [0.25, 0.3) is 0 Å². The Hall–Kier alpha value is -2.44. The lowest BCUT2D eigenvalue weighted by Gasteiger charge is -2.18. The molecule has 0 fully saturated rings. The van der Waals surface area contributed by atoms with Crippen molar-refractivity contribution in [1.29, 1.82) is 0 Å². The third kappa shape index (κ3) is 4.38. The Morgan fingerprint density at radius 2 is 2.11 bits per heavy atom. The normalized spacial score (nSPS) is 9.95. The maximum Gasteiger partial charge on any atom is 0.269 e. The van der Waals surface area contributed by atoms with Crippen LogP contribution in [-0.2, 0) is 16.0 Å². The number of primary amides is 1. The van der Waals surface area contributed by atoms with Crippen LogP contribution in [0.15, 0.2) is 24.3 Å². The van der Waals surface area contributed by atoms with Gasteiger partial charge in [-0.25, -0.2) is 0 Å². The summed E-state index contributed by atoms with van der Waals surface area (Å²) in [4.78, 5) is 34.1. The van der Waals surface area contributed by atoms with Crippen LogP contribution in [0, 0.1) is 10.1 Å². The Morgan fingerprint density at radius 3 is 2.63 bits per heavy atom. The van der Waals surface area contributed by atoms with Gasteiger partial charge in [-0.1, -0.05) is 12.1 Å². The number of carbonyl (C=O) groups is 2. The van der Waals surface area contributed by atoms with Gasteiger partial charge in [0, 0.05) is 18.7 Å². The first kappa shape index (κ1) is 14.6. The van der Waals surface area contributed by atoms with Crippen LogP contribution in [0.2, 0.25) is 0 Å². The first-order valence-corrected chi connectivity index (χ1v) is 5.73. The Morgan fingerprint density at radius 1 is 1.42 bits per heavy atom. The topological polar surface area (TPSA) is 107 Å². The number of benzene rings is 1. The minimum absolute atomic E-state index is 0.00278. The van der Waals surface area contributed by atoms with Crippen LogP contribution in [0.3, 0.4) is 0 Å². The lowest BCUT2D eigenvalue weighted by Crippen LogP contribution is -2.39. The summed E-state index contributed by atoms with van der Waals surface area (Å²) in [5.74, 6) is -0.879. The average Bonchev–Trinajstić information content (AvgIpc) is 2.35. The molecule has 7 nitrogen and oxygen atoms in total. The monoisotopic (exact) mass is 265 g/mol. The van der Waals surface area contributed by atoms with Crippen molar-refractivity contribution in [3.8, 4) is 0 Å². The summed E-state index contributed by atoms with van der Waals surface area (Å²) in [7, 11) is 0. The lowest BCUT2D eigenvalue weighted by atomic mass is 10.1. The minimum Gasteiger partial charge on any atom is -0.368 e. The number of likely N-dealkylation sites (N-methyl/N-ethyl adjacent to an activating group) is 1. The number of amides is 2. The van der Waals surface area contributed by atoms with E-state index >= 15 is 0 Å². The predicted octanol–water partition coefficient (Wildman–Crippen LogP) is 0.471. The van der Waals surface area contributed by atoms with Crippen molar-refractivity contribution in [3.05, 3.63) is 39.9 Å². The van der Waals surface area contributed by atoms with Crippen molar-refractivity contribution in [2.45, 2.75) is 13.3 Å². The largest absolute Gasteiger partial charge is 0.368 e. The molecule has 1 aromatic carbocycles. The first-order chi connectivity index (χ1) is 8.93. The highest BCUT2D eigenvalue weighted by molar-refractivity contribution is 5.85. The summed E-state index contributed by atoms with van der Waals surface area (Å²) in [6, 6.07) is 5.85. The molecule has 0 aliphatic carbocycles. The molecule has 0 aliphatic heterocycles.